The van der Waals surface area contributed by atoms with Crippen molar-refractivity contribution < 1.29 is 4.79 Å². The molecule has 166 valence electrons. The second-order valence-corrected chi connectivity index (χ2v) is 9.45. The Labute approximate surface area is 201 Å². The first-order valence-electron chi connectivity index (χ1n) is 10.6. The van der Waals surface area contributed by atoms with Gasteiger partial charge < -0.3 is 4.90 Å². The van der Waals surface area contributed by atoms with Crippen LogP contribution in [-0.4, -0.2) is 40.6 Å². The monoisotopic (exact) mass is 489 g/mol. The molecule has 1 fully saturated rings. The van der Waals surface area contributed by atoms with Gasteiger partial charge in [-0.2, -0.15) is 0 Å². The molecule has 32 heavy (non-hydrogen) atoms. The van der Waals surface area contributed by atoms with Crippen LogP contribution in [0.3, 0.4) is 0 Å². The van der Waals surface area contributed by atoms with E-state index in [1.165, 1.54) is 6.42 Å². The highest BCUT2D eigenvalue weighted by molar-refractivity contribution is 6.36. The lowest BCUT2D eigenvalue weighted by Gasteiger charge is -2.31. The molecule has 0 saturated carbocycles. The van der Waals surface area contributed by atoms with Gasteiger partial charge in [-0.25, -0.2) is 9.99 Å². The maximum Gasteiger partial charge on any atom is 0.286 e. The minimum atomic E-state index is -0.210. The molecule has 0 unspecified atom stereocenters. The van der Waals surface area contributed by atoms with Crippen molar-refractivity contribution in [3.8, 4) is 17.1 Å². The highest BCUT2D eigenvalue weighted by Crippen LogP contribution is 2.40. The lowest BCUT2D eigenvalue weighted by atomic mass is 10.1. The van der Waals surface area contributed by atoms with Crippen LogP contribution in [0.15, 0.2) is 36.4 Å². The SMILES string of the molecule is CN1Cc2c(C(=O)NN3CCCCC3)nc(-c3ccc(Cl)cc3Cl)n2-c2ccc(Cl)cc21. The molecule has 0 atom stereocenters. The summed E-state index contributed by atoms with van der Waals surface area (Å²) in [5.41, 5.74) is 6.80. The number of nitrogens with zero attached hydrogens (tertiary/aromatic N) is 4. The summed E-state index contributed by atoms with van der Waals surface area (Å²) in [6, 6.07) is 11.0. The molecule has 6 nitrogen and oxygen atoms in total. The maximum atomic E-state index is 13.3. The number of carbonyl (C=O) groups is 1. The van der Waals surface area contributed by atoms with Crippen molar-refractivity contribution in [3.63, 3.8) is 0 Å². The Morgan fingerprint density at radius 3 is 2.44 bits per heavy atom. The van der Waals surface area contributed by atoms with Crippen molar-refractivity contribution >= 4 is 46.4 Å². The van der Waals surface area contributed by atoms with Gasteiger partial charge in [0.1, 0.15) is 5.82 Å². The molecule has 0 aliphatic carbocycles. The maximum absolute atomic E-state index is 13.3. The van der Waals surface area contributed by atoms with E-state index in [1.807, 2.05) is 40.9 Å². The lowest BCUT2D eigenvalue weighted by Crippen LogP contribution is -2.45. The number of hydrogen-bond acceptors (Lipinski definition) is 4. The minimum Gasteiger partial charge on any atom is -0.367 e. The van der Waals surface area contributed by atoms with Crippen LogP contribution in [0.4, 0.5) is 5.69 Å². The van der Waals surface area contributed by atoms with E-state index in [1.54, 1.807) is 12.1 Å². The molecule has 1 saturated heterocycles. The van der Waals surface area contributed by atoms with Crippen molar-refractivity contribution in [1.82, 2.24) is 20.0 Å². The molecular formula is C23H22Cl3N5O. The van der Waals surface area contributed by atoms with Gasteiger partial charge in [0.15, 0.2) is 5.69 Å². The molecule has 5 rings (SSSR count). The van der Waals surface area contributed by atoms with Crippen molar-refractivity contribution in [3.05, 3.63) is 62.9 Å². The number of aromatic nitrogens is 2. The first-order valence-corrected chi connectivity index (χ1v) is 11.7. The second kappa shape index (κ2) is 8.60. The topological polar surface area (TPSA) is 53.4 Å². The van der Waals surface area contributed by atoms with Crippen LogP contribution in [0.1, 0.15) is 35.4 Å². The molecule has 2 aromatic carbocycles. The molecule has 3 aromatic rings. The van der Waals surface area contributed by atoms with Crippen molar-refractivity contribution in [2.75, 3.05) is 25.0 Å². The Balaban J connectivity index is 1.66. The van der Waals surface area contributed by atoms with Crippen LogP contribution in [0, 0.1) is 0 Å². The van der Waals surface area contributed by atoms with E-state index in [2.05, 4.69) is 10.3 Å². The second-order valence-electron chi connectivity index (χ2n) is 8.17. The Hall–Kier alpha value is -2.25. The lowest BCUT2D eigenvalue weighted by molar-refractivity contribution is 0.0744. The van der Waals surface area contributed by atoms with Crippen LogP contribution in [0.2, 0.25) is 15.1 Å². The number of nitrogens with one attached hydrogen (secondary N) is 1. The molecule has 0 radical (unpaired) electrons. The minimum absolute atomic E-state index is 0.210. The van der Waals surface area contributed by atoms with E-state index in [-0.39, 0.29) is 5.91 Å². The van der Waals surface area contributed by atoms with Gasteiger partial charge in [0, 0.05) is 35.7 Å². The van der Waals surface area contributed by atoms with Gasteiger partial charge in [-0.1, -0.05) is 41.2 Å². The normalized spacial score (nSPS) is 15.9. The zero-order valence-corrected chi connectivity index (χ0v) is 19.8. The number of rotatable bonds is 3. The number of amides is 1. The van der Waals surface area contributed by atoms with Crippen LogP contribution in [-0.2, 0) is 6.54 Å². The Bertz CT molecular complexity index is 1200. The van der Waals surface area contributed by atoms with Crippen molar-refractivity contribution in [2.45, 2.75) is 25.8 Å². The van der Waals surface area contributed by atoms with Crippen LogP contribution >= 0.6 is 34.8 Å². The van der Waals surface area contributed by atoms with Gasteiger partial charge in [0.05, 0.1) is 28.6 Å². The molecule has 1 N–H and O–H groups in total. The summed E-state index contributed by atoms with van der Waals surface area (Å²) in [5, 5.41) is 3.64. The highest BCUT2D eigenvalue weighted by atomic mass is 35.5. The fourth-order valence-corrected chi connectivity index (χ4v) is 5.06. The number of halogens is 3. The van der Waals surface area contributed by atoms with Crippen molar-refractivity contribution in [1.29, 1.82) is 0 Å². The van der Waals surface area contributed by atoms with E-state index in [9.17, 15) is 4.79 Å². The Morgan fingerprint density at radius 1 is 0.969 bits per heavy atom. The van der Waals surface area contributed by atoms with Crippen LogP contribution in [0.5, 0.6) is 0 Å². The zero-order valence-electron chi connectivity index (χ0n) is 17.5. The van der Waals surface area contributed by atoms with Crippen LogP contribution < -0.4 is 10.3 Å². The standard InChI is InChI=1S/C23H22Cl3N5O/c1-29-13-20-21(23(32)28-30-9-3-2-4-10-30)27-22(16-7-5-14(24)11-17(16)26)31(20)18-8-6-15(25)12-19(18)29/h5-8,11-12H,2-4,9-10,13H2,1H3,(H,28,32). The number of hydrogen-bond donors (Lipinski definition) is 1. The summed E-state index contributed by atoms with van der Waals surface area (Å²) in [5.74, 6) is 0.389. The molecule has 1 amide bonds. The van der Waals surface area contributed by atoms with Gasteiger partial charge in [0.2, 0.25) is 0 Å². The first-order chi connectivity index (χ1) is 15.4. The molecule has 0 bridgehead atoms. The zero-order chi connectivity index (χ0) is 22.4. The largest absolute Gasteiger partial charge is 0.367 e. The van der Waals surface area contributed by atoms with E-state index in [0.717, 1.165) is 43.0 Å². The molecule has 2 aliphatic rings. The molecular weight excluding hydrogens is 469 g/mol. The fraction of sp³-hybridized carbons (Fsp3) is 0.304. The van der Waals surface area contributed by atoms with Crippen LogP contribution in [0.25, 0.3) is 17.1 Å². The number of imidazole rings is 1. The van der Waals surface area contributed by atoms with Crippen molar-refractivity contribution in [2.24, 2.45) is 0 Å². The summed E-state index contributed by atoms with van der Waals surface area (Å²) >= 11 is 19.0. The summed E-state index contributed by atoms with van der Waals surface area (Å²) in [6.45, 7) is 2.20. The van der Waals surface area contributed by atoms with Gasteiger partial charge in [-0.3, -0.25) is 14.8 Å². The third-order valence-electron chi connectivity index (χ3n) is 5.95. The number of piperidine rings is 1. The molecule has 1 aromatic heterocycles. The summed E-state index contributed by atoms with van der Waals surface area (Å²) in [7, 11) is 1.98. The highest BCUT2D eigenvalue weighted by Gasteiger charge is 2.31. The predicted molar refractivity (Wildman–Crippen MR) is 129 cm³/mol. The average Bonchev–Trinajstić information content (AvgIpc) is 3.14. The number of benzene rings is 2. The summed E-state index contributed by atoms with van der Waals surface area (Å²) < 4.78 is 2.01. The summed E-state index contributed by atoms with van der Waals surface area (Å²) in [4.78, 5) is 20.2. The van der Waals surface area contributed by atoms with Gasteiger partial charge in [0.25, 0.3) is 5.91 Å². The Morgan fingerprint density at radius 2 is 1.69 bits per heavy atom. The van der Waals surface area contributed by atoms with Gasteiger partial charge in [-0.05, 0) is 49.2 Å². The van der Waals surface area contributed by atoms with E-state index < -0.39 is 0 Å². The molecule has 2 aliphatic heterocycles. The quantitative estimate of drug-likeness (QED) is 0.521. The Kier molecular flexibility index (Phi) is 5.80. The number of hydrazine groups is 1. The number of anilines is 1. The number of carbonyl (C=O) groups excluding carboxylic acids is 1. The van der Waals surface area contributed by atoms with E-state index in [0.29, 0.717) is 38.7 Å². The predicted octanol–water partition coefficient (Wildman–Crippen LogP) is 5.58. The first kappa shape index (κ1) is 21.6. The average molecular weight is 491 g/mol. The number of fused-ring (bicyclic) bond motifs is 3. The molecule has 9 heteroatoms. The third-order valence-corrected chi connectivity index (χ3v) is 6.74. The molecule has 3 heterocycles. The third kappa shape index (κ3) is 3.86. The fourth-order valence-electron chi connectivity index (χ4n) is 4.40. The summed E-state index contributed by atoms with van der Waals surface area (Å²) in [6.07, 6.45) is 3.34. The van der Waals surface area contributed by atoms with Gasteiger partial charge >= 0.3 is 0 Å². The van der Waals surface area contributed by atoms with E-state index in [4.69, 9.17) is 39.8 Å². The molecule has 0 spiro atoms. The smallest absolute Gasteiger partial charge is 0.286 e. The van der Waals surface area contributed by atoms with Gasteiger partial charge in [-0.15, -0.1) is 0 Å². The van der Waals surface area contributed by atoms with E-state index >= 15 is 0 Å².